The summed E-state index contributed by atoms with van der Waals surface area (Å²) in [7, 11) is 0. The van der Waals surface area contributed by atoms with Gasteiger partial charge >= 0.3 is 6.09 Å². The molecule has 1 N–H and O–H groups in total. The second-order valence-corrected chi connectivity index (χ2v) is 7.59. The summed E-state index contributed by atoms with van der Waals surface area (Å²) in [5.74, 6) is 0.0587. The molecular weight excluding hydrogens is 311 g/mol. The first kappa shape index (κ1) is 16.7. The molecule has 0 bridgehead atoms. The Morgan fingerprint density at radius 2 is 1.96 bits per heavy atom. The third kappa shape index (κ3) is 3.68. The zero-order chi connectivity index (χ0) is 17.5. The van der Waals surface area contributed by atoms with E-state index in [0.29, 0.717) is 19.6 Å². The Morgan fingerprint density at radius 3 is 2.54 bits per heavy atom. The lowest BCUT2D eigenvalue weighted by Crippen LogP contribution is -2.38. The van der Waals surface area contributed by atoms with Gasteiger partial charge in [-0.1, -0.05) is 12.1 Å². The topological polar surface area (TPSA) is 58.6 Å². The number of benzene rings is 1. The van der Waals surface area contributed by atoms with Crippen molar-refractivity contribution in [2.45, 2.75) is 32.9 Å². The van der Waals surface area contributed by atoms with Crippen LogP contribution in [0.2, 0.25) is 0 Å². The molecule has 0 aromatic heterocycles. The van der Waals surface area contributed by atoms with Crippen molar-refractivity contribution in [1.29, 1.82) is 0 Å². The fourth-order valence-electron chi connectivity index (χ4n) is 3.34. The molecule has 130 valence electrons. The van der Waals surface area contributed by atoms with Crippen molar-refractivity contribution < 1.29 is 18.7 Å². The number of rotatable bonds is 3. The molecule has 6 heteroatoms. The predicted molar refractivity (Wildman–Crippen MR) is 86.5 cm³/mol. The van der Waals surface area contributed by atoms with Crippen LogP contribution < -0.4 is 5.32 Å². The fourth-order valence-corrected chi connectivity index (χ4v) is 3.34. The number of fused-ring (bicyclic) bond motifs is 1. The number of nitrogens with one attached hydrogen (secondary N) is 1. The Bertz CT molecular complexity index is 644. The van der Waals surface area contributed by atoms with Crippen molar-refractivity contribution in [1.82, 2.24) is 10.2 Å². The number of halogens is 1. The van der Waals surface area contributed by atoms with Gasteiger partial charge in [-0.2, -0.15) is 0 Å². The van der Waals surface area contributed by atoms with Crippen LogP contribution in [0, 0.1) is 23.6 Å². The Labute approximate surface area is 141 Å². The van der Waals surface area contributed by atoms with Crippen LogP contribution in [0.15, 0.2) is 24.3 Å². The van der Waals surface area contributed by atoms with Crippen LogP contribution in [0.3, 0.4) is 0 Å². The van der Waals surface area contributed by atoms with Crippen LogP contribution in [0.1, 0.15) is 26.3 Å². The molecule has 3 rings (SSSR count). The number of carbonyl (C=O) groups excluding carboxylic acids is 2. The zero-order valence-electron chi connectivity index (χ0n) is 14.2. The maximum absolute atomic E-state index is 13.1. The molecule has 1 heterocycles. The molecule has 2 amide bonds. The molecule has 3 atom stereocenters. The van der Waals surface area contributed by atoms with Gasteiger partial charge in [-0.3, -0.25) is 4.79 Å². The molecule has 1 saturated heterocycles. The number of carbonyl (C=O) groups is 2. The highest BCUT2D eigenvalue weighted by atomic mass is 19.1. The molecule has 24 heavy (non-hydrogen) atoms. The molecule has 2 fully saturated rings. The minimum Gasteiger partial charge on any atom is -0.444 e. The Morgan fingerprint density at radius 1 is 1.29 bits per heavy atom. The summed E-state index contributed by atoms with van der Waals surface area (Å²) in [4.78, 5) is 25.9. The maximum atomic E-state index is 13.1. The summed E-state index contributed by atoms with van der Waals surface area (Å²) in [6, 6.07) is 6.20. The van der Waals surface area contributed by atoms with Gasteiger partial charge in [0.25, 0.3) is 0 Å². The SMILES string of the molecule is CC(C)(C)OC(=O)N1C[C@@H]2C(C(=O)NCc3cccc(F)c3)[C@@H]2C1. The van der Waals surface area contributed by atoms with E-state index in [1.807, 2.05) is 20.8 Å². The number of hydrogen-bond donors (Lipinski definition) is 1. The van der Waals surface area contributed by atoms with Gasteiger partial charge in [0.2, 0.25) is 5.91 Å². The second-order valence-electron chi connectivity index (χ2n) is 7.59. The monoisotopic (exact) mass is 334 g/mol. The first-order valence-electron chi connectivity index (χ1n) is 8.25. The highest BCUT2D eigenvalue weighted by molar-refractivity contribution is 5.83. The summed E-state index contributed by atoms with van der Waals surface area (Å²) in [6.45, 7) is 6.97. The first-order valence-corrected chi connectivity index (χ1v) is 8.25. The van der Waals surface area contributed by atoms with E-state index in [-0.39, 0.29) is 35.6 Å². The van der Waals surface area contributed by atoms with Crippen LogP contribution in [-0.2, 0) is 16.1 Å². The van der Waals surface area contributed by atoms with Gasteiger partial charge in [-0.15, -0.1) is 0 Å². The van der Waals surface area contributed by atoms with E-state index in [2.05, 4.69) is 5.32 Å². The van der Waals surface area contributed by atoms with E-state index in [0.717, 1.165) is 5.56 Å². The quantitative estimate of drug-likeness (QED) is 0.924. The van der Waals surface area contributed by atoms with E-state index < -0.39 is 5.60 Å². The van der Waals surface area contributed by atoms with E-state index >= 15 is 0 Å². The lowest BCUT2D eigenvalue weighted by molar-refractivity contribution is -0.123. The molecule has 1 aliphatic heterocycles. The summed E-state index contributed by atoms with van der Waals surface area (Å²) >= 11 is 0. The number of likely N-dealkylation sites (tertiary alicyclic amines) is 1. The van der Waals surface area contributed by atoms with Gasteiger partial charge in [0.15, 0.2) is 0 Å². The third-order valence-electron chi connectivity index (χ3n) is 4.50. The van der Waals surface area contributed by atoms with Crippen LogP contribution in [0.4, 0.5) is 9.18 Å². The Kier molecular flexibility index (Phi) is 4.24. The van der Waals surface area contributed by atoms with Crippen LogP contribution in [0.5, 0.6) is 0 Å². The van der Waals surface area contributed by atoms with Gasteiger partial charge < -0.3 is 15.0 Å². The number of ether oxygens (including phenoxy) is 1. The number of nitrogens with zero attached hydrogens (tertiary/aromatic N) is 1. The molecule has 1 aromatic rings. The number of amides is 2. The van der Waals surface area contributed by atoms with Gasteiger partial charge in [0, 0.05) is 25.6 Å². The summed E-state index contributed by atoms with van der Waals surface area (Å²) in [6.07, 6.45) is -0.311. The van der Waals surface area contributed by atoms with Gasteiger partial charge in [0.1, 0.15) is 11.4 Å². The van der Waals surface area contributed by atoms with E-state index in [1.165, 1.54) is 12.1 Å². The molecule has 1 unspecified atom stereocenters. The molecular formula is C18H23FN2O3. The standard InChI is InChI=1S/C18H23FN2O3/c1-18(2,3)24-17(23)21-9-13-14(10-21)15(13)16(22)20-8-11-5-4-6-12(19)7-11/h4-7,13-15H,8-10H2,1-3H3,(H,20,22)/t13-,14+,15?. The molecule has 5 nitrogen and oxygen atoms in total. The van der Waals surface area contributed by atoms with Crippen molar-refractivity contribution in [3.63, 3.8) is 0 Å². The third-order valence-corrected chi connectivity index (χ3v) is 4.50. The van der Waals surface area contributed by atoms with Gasteiger partial charge in [-0.25, -0.2) is 9.18 Å². The Hall–Kier alpha value is -2.11. The highest BCUT2D eigenvalue weighted by Gasteiger charge is 2.60. The van der Waals surface area contributed by atoms with Crippen molar-refractivity contribution in [3.05, 3.63) is 35.6 Å². The smallest absolute Gasteiger partial charge is 0.410 e. The minimum absolute atomic E-state index is 0.0156. The molecule has 0 spiro atoms. The van der Waals surface area contributed by atoms with Gasteiger partial charge in [-0.05, 0) is 50.3 Å². The van der Waals surface area contributed by atoms with Crippen molar-refractivity contribution in [3.8, 4) is 0 Å². The van der Waals surface area contributed by atoms with Crippen LogP contribution >= 0.6 is 0 Å². The van der Waals surface area contributed by atoms with E-state index in [1.54, 1.807) is 17.0 Å². The van der Waals surface area contributed by atoms with E-state index in [4.69, 9.17) is 4.74 Å². The van der Waals surface area contributed by atoms with E-state index in [9.17, 15) is 14.0 Å². The summed E-state index contributed by atoms with van der Waals surface area (Å²) in [5, 5.41) is 2.86. The highest BCUT2D eigenvalue weighted by Crippen LogP contribution is 2.52. The predicted octanol–water partition coefficient (Wildman–Crippen LogP) is 2.55. The molecule has 1 aromatic carbocycles. The minimum atomic E-state index is -0.508. The van der Waals surface area contributed by atoms with Crippen LogP contribution in [-0.4, -0.2) is 35.6 Å². The first-order chi connectivity index (χ1) is 11.2. The van der Waals surface area contributed by atoms with Crippen molar-refractivity contribution >= 4 is 12.0 Å². The van der Waals surface area contributed by atoms with Crippen molar-refractivity contribution in [2.75, 3.05) is 13.1 Å². The molecule has 1 saturated carbocycles. The summed E-state index contributed by atoms with van der Waals surface area (Å²) < 4.78 is 18.5. The normalized spacial score (nSPS) is 25.2. The average Bonchev–Trinajstić information content (AvgIpc) is 2.97. The fraction of sp³-hybridized carbons (Fsp3) is 0.556. The van der Waals surface area contributed by atoms with Crippen molar-refractivity contribution in [2.24, 2.45) is 17.8 Å². The molecule has 0 radical (unpaired) electrons. The average molecular weight is 334 g/mol. The second kappa shape index (κ2) is 6.07. The molecule has 1 aliphatic carbocycles. The zero-order valence-corrected chi connectivity index (χ0v) is 14.2. The lowest BCUT2D eigenvalue weighted by atomic mass is 10.2. The lowest BCUT2D eigenvalue weighted by Gasteiger charge is -2.25. The van der Waals surface area contributed by atoms with Crippen LogP contribution in [0.25, 0.3) is 0 Å². The number of piperidine rings is 1. The van der Waals surface area contributed by atoms with Gasteiger partial charge in [0.05, 0.1) is 0 Å². The largest absolute Gasteiger partial charge is 0.444 e. The number of hydrogen-bond acceptors (Lipinski definition) is 3. The Balaban J connectivity index is 1.45. The maximum Gasteiger partial charge on any atom is 0.410 e. The summed E-state index contributed by atoms with van der Waals surface area (Å²) in [5.41, 5.74) is 0.232. The molecule has 2 aliphatic rings.